The van der Waals surface area contributed by atoms with E-state index in [-0.39, 0.29) is 18.7 Å². The van der Waals surface area contributed by atoms with Crippen LogP contribution in [-0.2, 0) is 14.3 Å². The van der Waals surface area contributed by atoms with Gasteiger partial charge < -0.3 is 24.9 Å². The first-order chi connectivity index (χ1) is 12.4. The number of carbonyl (C=O) groups excluding carboxylic acids is 3. The number of aliphatic hydroxyl groups is 1. The standard InChI is InChI=1S/C17H17N2O6P/c20-14(19-11-7-15(21)25-17(11)23)8-18-16(22)13-5-4-12(24-13)9-2-1-3-10(26)6-9/h1-6,11,17,23H,7-8,26H2,(H,18,22)(H,19,20)/t11-,17?/m0/s1. The molecule has 1 aliphatic rings. The first-order valence-corrected chi connectivity index (χ1v) is 8.41. The van der Waals surface area contributed by atoms with E-state index in [0.717, 1.165) is 10.9 Å². The average Bonchev–Trinajstić information content (AvgIpc) is 3.20. The third-order valence-corrected chi connectivity index (χ3v) is 4.10. The average molecular weight is 376 g/mol. The van der Waals surface area contributed by atoms with Crippen molar-refractivity contribution >= 4 is 32.3 Å². The highest BCUT2D eigenvalue weighted by molar-refractivity contribution is 7.27. The van der Waals surface area contributed by atoms with E-state index in [1.54, 1.807) is 6.07 Å². The van der Waals surface area contributed by atoms with E-state index in [9.17, 15) is 19.5 Å². The zero-order valence-corrected chi connectivity index (χ0v) is 14.8. The van der Waals surface area contributed by atoms with Crippen LogP contribution in [0.25, 0.3) is 11.3 Å². The molecule has 2 aromatic rings. The number of nitrogens with one attached hydrogen (secondary N) is 2. The highest BCUT2D eigenvalue weighted by atomic mass is 31.0. The third-order valence-electron chi connectivity index (χ3n) is 3.74. The van der Waals surface area contributed by atoms with Gasteiger partial charge in [-0.25, -0.2) is 0 Å². The van der Waals surface area contributed by atoms with E-state index in [1.165, 1.54) is 6.07 Å². The number of hydrogen-bond donors (Lipinski definition) is 3. The number of furan rings is 1. The number of ether oxygens (including phenoxy) is 1. The van der Waals surface area contributed by atoms with Gasteiger partial charge in [0.15, 0.2) is 5.76 Å². The van der Waals surface area contributed by atoms with Gasteiger partial charge in [-0.2, -0.15) is 0 Å². The smallest absolute Gasteiger partial charge is 0.310 e. The highest BCUT2D eigenvalue weighted by Gasteiger charge is 2.34. The van der Waals surface area contributed by atoms with Crippen molar-refractivity contribution in [2.45, 2.75) is 18.8 Å². The molecule has 1 aromatic heterocycles. The summed E-state index contributed by atoms with van der Waals surface area (Å²) in [6.07, 6.45) is -1.49. The lowest BCUT2D eigenvalue weighted by Gasteiger charge is -2.13. The molecule has 0 aliphatic carbocycles. The SMILES string of the molecule is O=C(CNC(=O)c1ccc(-c2cccc(P)c2)o1)N[C@H]1CC(=O)OC1O. The van der Waals surface area contributed by atoms with Crippen molar-refractivity contribution in [3.05, 3.63) is 42.2 Å². The van der Waals surface area contributed by atoms with E-state index in [0.29, 0.717) is 5.76 Å². The molecule has 9 heteroatoms. The summed E-state index contributed by atoms with van der Waals surface area (Å²) in [5.74, 6) is -1.09. The molecule has 3 N–H and O–H groups in total. The van der Waals surface area contributed by atoms with Crippen LogP contribution in [0, 0.1) is 0 Å². The molecule has 0 saturated carbocycles. The number of hydrogen-bond acceptors (Lipinski definition) is 6. The fraction of sp³-hybridized carbons (Fsp3) is 0.235. The number of cyclic esters (lactones) is 1. The zero-order chi connectivity index (χ0) is 18.7. The molecule has 26 heavy (non-hydrogen) atoms. The maximum atomic E-state index is 12.1. The van der Waals surface area contributed by atoms with Crippen LogP contribution in [0.1, 0.15) is 17.0 Å². The predicted octanol–water partition coefficient (Wildman–Crippen LogP) is -0.0731. The van der Waals surface area contributed by atoms with Crippen LogP contribution in [0.15, 0.2) is 40.8 Å². The van der Waals surface area contributed by atoms with Crippen molar-refractivity contribution in [1.29, 1.82) is 0 Å². The van der Waals surface area contributed by atoms with E-state index < -0.39 is 30.1 Å². The lowest BCUT2D eigenvalue weighted by molar-refractivity contribution is -0.155. The van der Waals surface area contributed by atoms with Crippen molar-refractivity contribution in [2.24, 2.45) is 0 Å². The van der Waals surface area contributed by atoms with Crippen LogP contribution in [0.5, 0.6) is 0 Å². The summed E-state index contributed by atoms with van der Waals surface area (Å²) in [6, 6.07) is 9.92. The fourth-order valence-electron chi connectivity index (χ4n) is 2.48. The minimum Gasteiger partial charge on any atom is -0.451 e. The van der Waals surface area contributed by atoms with Crippen molar-refractivity contribution in [3.8, 4) is 11.3 Å². The zero-order valence-electron chi connectivity index (χ0n) is 13.6. The van der Waals surface area contributed by atoms with Crippen molar-refractivity contribution in [3.63, 3.8) is 0 Å². The van der Waals surface area contributed by atoms with Gasteiger partial charge in [0.1, 0.15) is 11.8 Å². The van der Waals surface area contributed by atoms with Gasteiger partial charge in [-0.05, 0) is 23.5 Å². The predicted molar refractivity (Wildman–Crippen MR) is 94.5 cm³/mol. The molecule has 1 aromatic carbocycles. The van der Waals surface area contributed by atoms with Gasteiger partial charge in [-0.1, -0.05) is 18.2 Å². The number of amides is 2. The van der Waals surface area contributed by atoms with Gasteiger partial charge in [-0.3, -0.25) is 14.4 Å². The second kappa shape index (κ2) is 7.68. The van der Waals surface area contributed by atoms with Crippen LogP contribution in [-0.4, -0.2) is 41.8 Å². The molecule has 1 fully saturated rings. The van der Waals surface area contributed by atoms with Crippen LogP contribution in [0.4, 0.5) is 0 Å². The molecule has 1 saturated heterocycles. The highest BCUT2D eigenvalue weighted by Crippen LogP contribution is 2.21. The van der Waals surface area contributed by atoms with E-state index in [4.69, 9.17) is 4.42 Å². The van der Waals surface area contributed by atoms with Crippen molar-refractivity contribution < 1.29 is 28.6 Å². The normalized spacial score (nSPS) is 19.1. The molecule has 8 nitrogen and oxygen atoms in total. The number of benzene rings is 1. The van der Waals surface area contributed by atoms with Crippen LogP contribution < -0.4 is 15.9 Å². The molecule has 3 atom stereocenters. The largest absolute Gasteiger partial charge is 0.451 e. The Morgan fingerprint density at radius 2 is 2.08 bits per heavy atom. The summed E-state index contributed by atoms with van der Waals surface area (Å²) in [6.45, 7) is -0.326. The molecular formula is C17H17N2O6P. The molecule has 0 spiro atoms. The molecule has 2 heterocycles. The molecule has 0 radical (unpaired) electrons. The summed E-state index contributed by atoms with van der Waals surface area (Å²) in [5, 5.41) is 15.3. The van der Waals surface area contributed by atoms with Gasteiger partial charge >= 0.3 is 5.97 Å². The summed E-state index contributed by atoms with van der Waals surface area (Å²) < 4.78 is 10.0. The Kier molecular flexibility index (Phi) is 5.35. The minimum atomic E-state index is -1.37. The summed E-state index contributed by atoms with van der Waals surface area (Å²) in [5.41, 5.74) is 0.828. The second-order valence-corrected chi connectivity index (χ2v) is 6.40. The Morgan fingerprint density at radius 3 is 2.77 bits per heavy atom. The Bertz CT molecular complexity index is 849. The molecule has 3 rings (SSSR count). The second-order valence-electron chi connectivity index (χ2n) is 5.73. The molecular weight excluding hydrogens is 359 g/mol. The Balaban J connectivity index is 1.54. The minimum absolute atomic E-state index is 0.0707. The van der Waals surface area contributed by atoms with Gasteiger partial charge in [0.2, 0.25) is 12.2 Å². The fourth-order valence-corrected chi connectivity index (χ4v) is 2.77. The molecule has 2 unspecified atom stereocenters. The Labute approximate surface area is 151 Å². The summed E-state index contributed by atoms with van der Waals surface area (Å²) in [7, 11) is 2.58. The summed E-state index contributed by atoms with van der Waals surface area (Å²) in [4.78, 5) is 34.9. The van der Waals surface area contributed by atoms with E-state index in [2.05, 4.69) is 24.6 Å². The number of carbonyl (C=O) groups is 3. The Morgan fingerprint density at radius 1 is 1.27 bits per heavy atom. The lowest BCUT2D eigenvalue weighted by atomic mass is 10.2. The summed E-state index contributed by atoms with van der Waals surface area (Å²) >= 11 is 0. The first-order valence-electron chi connectivity index (χ1n) is 7.83. The lowest BCUT2D eigenvalue weighted by Crippen LogP contribution is -2.45. The number of aliphatic hydroxyl groups excluding tert-OH is 1. The Hall–Kier alpha value is -2.70. The van der Waals surface area contributed by atoms with Gasteiger partial charge in [0, 0.05) is 5.56 Å². The third kappa shape index (κ3) is 4.28. The van der Waals surface area contributed by atoms with E-state index in [1.807, 2.05) is 24.3 Å². The maximum Gasteiger partial charge on any atom is 0.310 e. The van der Waals surface area contributed by atoms with Gasteiger partial charge in [-0.15, -0.1) is 9.24 Å². The monoisotopic (exact) mass is 376 g/mol. The molecule has 1 aliphatic heterocycles. The van der Waals surface area contributed by atoms with Gasteiger partial charge in [0.05, 0.1) is 13.0 Å². The van der Waals surface area contributed by atoms with Crippen LogP contribution in [0.2, 0.25) is 0 Å². The van der Waals surface area contributed by atoms with Crippen LogP contribution in [0.3, 0.4) is 0 Å². The van der Waals surface area contributed by atoms with Crippen molar-refractivity contribution in [1.82, 2.24) is 10.6 Å². The number of esters is 1. The molecule has 136 valence electrons. The molecule has 0 bridgehead atoms. The first kappa shape index (κ1) is 18.1. The van der Waals surface area contributed by atoms with Gasteiger partial charge in [0.25, 0.3) is 5.91 Å². The van der Waals surface area contributed by atoms with E-state index >= 15 is 0 Å². The van der Waals surface area contributed by atoms with Crippen LogP contribution >= 0.6 is 9.24 Å². The quantitative estimate of drug-likeness (QED) is 0.497. The van der Waals surface area contributed by atoms with Crippen molar-refractivity contribution in [2.75, 3.05) is 6.54 Å². The maximum absolute atomic E-state index is 12.1. The molecule has 2 amide bonds. The number of rotatable bonds is 5. The topological polar surface area (TPSA) is 118 Å².